The summed E-state index contributed by atoms with van der Waals surface area (Å²) in [7, 11) is 0. The first kappa shape index (κ1) is 13.6. The summed E-state index contributed by atoms with van der Waals surface area (Å²) in [6, 6.07) is 12.2. The lowest BCUT2D eigenvalue weighted by atomic mass is 10.2. The Morgan fingerprint density at radius 2 is 1.89 bits per heavy atom. The molecule has 100 valence electrons. The normalized spacial score (nSPS) is 10.4. The third kappa shape index (κ3) is 4.38. The van der Waals surface area contributed by atoms with Crippen LogP contribution in [0.2, 0.25) is 0 Å². The second-order valence-electron chi connectivity index (χ2n) is 4.54. The molecule has 1 heterocycles. The van der Waals surface area contributed by atoms with E-state index in [-0.39, 0.29) is 0 Å². The molecule has 0 amide bonds. The first-order chi connectivity index (χ1) is 9.28. The average Bonchev–Trinajstić information content (AvgIpc) is 2.46. The van der Waals surface area contributed by atoms with Crippen molar-refractivity contribution >= 4 is 0 Å². The van der Waals surface area contributed by atoms with E-state index in [0.29, 0.717) is 6.61 Å². The minimum Gasteiger partial charge on any atom is -0.487 e. The molecule has 3 nitrogen and oxygen atoms in total. The summed E-state index contributed by atoms with van der Waals surface area (Å²) in [5, 5.41) is 3.28. The topological polar surface area (TPSA) is 34.1 Å². The Hall–Kier alpha value is -1.87. The molecular formula is C16H20N2O. The maximum Gasteiger partial charge on any atom is 0.130 e. The lowest BCUT2D eigenvalue weighted by Crippen LogP contribution is -2.12. The molecule has 0 saturated heterocycles. The van der Waals surface area contributed by atoms with E-state index in [2.05, 4.69) is 30.2 Å². The fourth-order valence-electron chi connectivity index (χ4n) is 1.71. The van der Waals surface area contributed by atoms with Gasteiger partial charge in [0.25, 0.3) is 0 Å². The van der Waals surface area contributed by atoms with Crippen molar-refractivity contribution in [1.82, 2.24) is 10.3 Å². The van der Waals surface area contributed by atoms with Crippen LogP contribution in [-0.2, 0) is 13.2 Å². The van der Waals surface area contributed by atoms with Gasteiger partial charge in [0, 0.05) is 12.7 Å². The monoisotopic (exact) mass is 256 g/mol. The molecule has 0 fully saturated rings. The van der Waals surface area contributed by atoms with Gasteiger partial charge >= 0.3 is 0 Å². The van der Waals surface area contributed by atoms with Crippen LogP contribution < -0.4 is 10.1 Å². The zero-order valence-electron chi connectivity index (χ0n) is 11.5. The van der Waals surface area contributed by atoms with Crippen LogP contribution in [-0.4, -0.2) is 11.5 Å². The maximum absolute atomic E-state index is 5.69. The largest absolute Gasteiger partial charge is 0.487 e. The second kappa shape index (κ2) is 6.90. The molecule has 0 aliphatic rings. The zero-order valence-corrected chi connectivity index (χ0v) is 11.5. The lowest BCUT2D eigenvalue weighted by molar-refractivity contribution is 0.301. The van der Waals surface area contributed by atoms with Crippen molar-refractivity contribution in [1.29, 1.82) is 0 Å². The number of pyridine rings is 1. The van der Waals surface area contributed by atoms with Crippen LogP contribution in [0.3, 0.4) is 0 Å². The third-order valence-corrected chi connectivity index (χ3v) is 2.87. The molecule has 0 aliphatic carbocycles. The number of aryl methyl sites for hydroxylation is 1. The fraction of sp³-hybridized carbons (Fsp3) is 0.312. The molecule has 0 aliphatic heterocycles. The summed E-state index contributed by atoms with van der Waals surface area (Å²) in [6.45, 7) is 6.50. The predicted octanol–water partition coefficient (Wildman–Crippen LogP) is 3.08. The van der Waals surface area contributed by atoms with Crippen molar-refractivity contribution < 1.29 is 4.74 Å². The van der Waals surface area contributed by atoms with Gasteiger partial charge in [-0.15, -0.1) is 0 Å². The van der Waals surface area contributed by atoms with Gasteiger partial charge in [-0.3, -0.25) is 4.98 Å². The molecule has 1 N–H and O–H groups in total. The Kier molecular flexibility index (Phi) is 4.93. The minimum atomic E-state index is 0.505. The van der Waals surface area contributed by atoms with Crippen LogP contribution in [0.5, 0.6) is 5.75 Å². The Bertz CT molecular complexity index is 491. The summed E-state index contributed by atoms with van der Waals surface area (Å²) >= 11 is 0. The highest BCUT2D eigenvalue weighted by molar-refractivity contribution is 5.26. The zero-order chi connectivity index (χ0) is 13.5. The van der Waals surface area contributed by atoms with Crippen molar-refractivity contribution in [2.75, 3.05) is 6.54 Å². The molecule has 1 aromatic heterocycles. The number of nitrogens with one attached hydrogen (secondary N) is 1. The number of benzene rings is 1. The Morgan fingerprint density at radius 1 is 1.11 bits per heavy atom. The SMILES string of the molecule is CCNCc1ccc(COc2ccc(C)cc2)nc1. The quantitative estimate of drug-likeness (QED) is 0.862. The maximum atomic E-state index is 5.69. The van der Waals surface area contributed by atoms with Crippen molar-refractivity contribution in [2.24, 2.45) is 0 Å². The first-order valence-corrected chi connectivity index (χ1v) is 6.62. The molecule has 0 unspecified atom stereocenters. The number of rotatable bonds is 6. The molecule has 3 heteroatoms. The van der Waals surface area contributed by atoms with Gasteiger partial charge in [0.15, 0.2) is 0 Å². The number of hydrogen-bond donors (Lipinski definition) is 1. The standard InChI is InChI=1S/C16H20N2O/c1-3-17-10-14-6-7-15(18-11-14)12-19-16-8-4-13(2)5-9-16/h4-9,11,17H,3,10,12H2,1-2H3. The van der Waals surface area contributed by atoms with Crippen LogP contribution in [0.4, 0.5) is 0 Å². The van der Waals surface area contributed by atoms with E-state index in [1.807, 2.05) is 36.5 Å². The molecule has 2 rings (SSSR count). The van der Waals surface area contributed by atoms with E-state index in [9.17, 15) is 0 Å². The van der Waals surface area contributed by atoms with Crippen LogP contribution in [0.15, 0.2) is 42.6 Å². The molecule has 0 saturated carbocycles. The number of hydrogen-bond acceptors (Lipinski definition) is 3. The van der Waals surface area contributed by atoms with Gasteiger partial charge in [0.1, 0.15) is 12.4 Å². The lowest BCUT2D eigenvalue weighted by Gasteiger charge is -2.07. The van der Waals surface area contributed by atoms with Gasteiger partial charge in [0.05, 0.1) is 5.69 Å². The molecule has 0 atom stereocenters. The molecule has 0 bridgehead atoms. The molecule has 19 heavy (non-hydrogen) atoms. The van der Waals surface area contributed by atoms with Crippen LogP contribution >= 0.6 is 0 Å². The number of nitrogens with zero attached hydrogens (tertiary/aromatic N) is 1. The van der Waals surface area contributed by atoms with Gasteiger partial charge in [-0.25, -0.2) is 0 Å². The minimum absolute atomic E-state index is 0.505. The second-order valence-corrected chi connectivity index (χ2v) is 4.54. The summed E-state index contributed by atoms with van der Waals surface area (Å²) in [5.74, 6) is 0.879. The van der Waals surface area contributed by atoms with E-state index in [1.54, 1.807) is 0 Å². The van der Waals surface area contributed by atoms with E-state index in [1.165, 1.54) is 11.1 Å². The number of ether oxygens (including phenoxy) is 1. The van der Waals surface area contributed by atoms with Gasteiger partial charge in [0.2, 0.25) is 0 Å². The van der Waals surface area contributed by atoms with Gasteiger partial charge in [-0.2, -0.15) is 0 Å². The number of aromatic nitrogens is 1. The van der Waals surface area contributed by atoms with E-state index in [4.69, 9.17) is 4.74 Å². The average molecular weight is 256 g/mol. The molecular weight excluding hydrogens is 236 g/mol. The van der Waals surface area contributed by atoms with E-state index in [0.717, 1.165) is 24.5 Å². The molecule has 2 aromatic rings. The Labute approximate surface area is 114 Å². The van der Waals surface area contributed by atoms with Crippen molar-refractivity contribution in [3.05, 3.63) is 59.4 Å². The molecule has 1 aromatic carbocycles. The molecule has 0 spiro atoms. The fourth-order valence-corrected chi connectivity index (χ4v) is 1.71. The summed E-state index contributed by atoms with van der Waals surface area (Å²) in [4.78, 5) is 4.40. The van der Waals surface area contributed by atoms with Crippen LogP contribution in [0, 0.1) is 6.92 Å². The predicted molar refractivity (Wildman–Crippen MR) is 77.1 cm³/mol. The van der Waals surface area contributed by atoms with E-state index >= 15 is 0 Å². The van der Waals surface area contributed by atoms with E-state index < -0.39 is 0 Å². The van der Waals surface area contributed by atoms with Crippen LogP contribution in [0.1, 0.15) is 23.7 Å². The van der Waals surface area contributed by atoms with Crippen molar-refractivity contribution in [3.63, 3.8) is 0 Å². The van der Waals surface area contributed by atoms with Gasteiger partial charge < -0.3 is 10.1 Å². The Balaban J connectivity index is 1.87. The smallest absolute Gasteiger partial charge is 0.130 e. The highest BCUT2D eigenvalue weighted by Gasteiger charge is 1.98. The van der Waals surface area contributed by atoms with Crippen LogP contribution in [0.25, 0.3) is 0 Å². The van der Waals surface area contributed by atoms with Gasteiger partial charge in [-0.1, -0.05) is 30.7 Å². The molecule has 0 radical (unpaired) electrons. The highest BCUT2D eigenvalue weighted by Crippen LogP contribution is 2.13. The highest BCUT2D eigenvalue weighted by atomic mass is 16.5. The summed E-state index contributed by atoms with van der Waals surface area (Å²) < 4.78 is 5.69. The third-order valence-electron chi connectivity index (χ3n) is 2.87. The summed E-state index contributed by atoms with van der Waals surface area (Å²) in [5.41, 5.74) is 3.38. The Morgan fingerprint density at radius 3 is 2.53 bits per heavy atom. The summed E-state index contributed by atoms with van der Waals surface area (Å²) in [6.07, 6.45) is 1.90. The van der Waals surface area contributed by atoms with Gasteiger partial charge in [-0.05, 0) is 37.2 Å². The van der Waals surface area contributed by atoms with Crippen molar-refractivity contribution in [3.8, 4) is 5.75 Å². The van der Waals surface area contributed by atoms with Crippen molar-refractivity contribution in [2.45, 2.75) is 27.0 Å². The first-order valence-electron chi connectivity index (χ1n) is 6.62.